The number of anilines is 1. The number of carbonyl (C=O) groups is 1. The van der Waals surface area contributed by atoms with Crippen LogP contribution in [0, 0.1) is 5.82 Å². The molecule has 4 nitrogen and oxygen atoms in total. The Balaban J connectivity index is 2.51. The van der Waals surface area contributed by atoms with Crippen LogP contribution in [0.4, 0.5) is 10.1 Å². The number of unbranched alkanes of at least 4 members (excludes halogenated alkanes) is 1. The number of hydrogen-bond donors (Lipinski definition) is 2. The molecule has 0 saturated heterocycles. The predicted octanol–water partition coefficient (Wildman–Crippen LogP) is 2.47. The van der Waals surface area contributed by atoms with Crippen molar-refractivity contribution in [3.05, 3.63) is 22.4 Å². The molecule has 1 aromatic carbocycles. The van der Waals surface area contributed by atoms with Crippen LogP contribution in [0.5, 0.6) is 5.75 Å². The highest BCUT2D eigenvalue weighted by molar-refractivity contribution is 9.10. The van der Waals surface area contributed by atoms with Crippen molar-refractivity contribution >= 4 is 27.5 Å². The Morgan fingerprint density at radius 1 is 1.56 bits per heavy atom. The lowest BCUT2D eigenvalue weighted by Gasteiger charge is -2.11. The molecule has 0 aliphatic rings. The highest BCUT2D eigenvalue weighted by atomic mass is 79.9. The maximum absolute atomic E-state index is 13.0. The zero-order valence-corrected chi connectivity index (χ0v) is 11.7. The van der Waals surface area contributed by atoms with Gasteiger partial charge in [0.25, 0.3) is 5.91 Å². The van der Waals surface area contributed by atoms with Gasteiger partial charge >= 0.3 is 0 Å². The van der Waals surface area contributed by atoms with Gasteiger partial charge in [-0.05, 0) is 28.4 Å². The summed E-state index contributed by atoms with van der Waals surface area (Å²) in [6, 6.07) is 2.38. The van der Waals surface area contributed by atoms with Gasteiger partial charge in [0.2, 0.25) is 0 Å². The quantitative estimate of drug-likeness (QED) is 0.625. The Labute approximate surface area is 114 Å². The molecular weight excluding hydrogens is 303 g/mol. The third-order valence-corrected chi connectivity index (χ3v) is 2.83. The SMILES string of the molecule is CCCCNC(=O)COc1c(N)cc(F)cc1Br. The third-order valence-electron chi connectivity index (χ3n) is 2.24. The third kappa shape index (κ3) is 4.52. The van der Waals surface area contributed by atoms with E-state index in [-0.39, 0.29) is 24.0 Å². The zero-order valence-electron chi connectivity index (χ0n) is 10.1. The average molecular weight is 319 g/mol. The van der Waals surface area contributed by atoms with E-state index >= 15 is 0 Å². The number of rotatable bonds is 6. The van der Waals surface area contributed by atoms with Gasteiger partial charge in [0.1, 0.15) is 5.82 Å². The summed E-state index contributed by atoms with van der Waals surface area (Å²) in [6.07, 6.45) is 1.94. The van der Waals surface area contributed by atoms with E-state index in [0.29, 0.717) is 11.0 Å². The molecular formula is C12H16BrFN2O2. The second-order valence-electron chi connectivity index (χ2n) is 3.80. The number of nitrogens with two attached hydrogens (primary N) is 1. The summed E-state index contributed by atoms with van der Waals surface area (Å²) in [6.45, 7) is 2.52. The van der Waals surface area contributed by atoms with Crippen LogP contribution in [0.3, 0.4) is 0 Å². The van der Waals surface area contributed by atoms with E-state index < -0.39 is 5.82 Å². The van der Waals surface area contributed by atoms with Gasteiger partial charge in [0, 0.05) is 12.6 Å². The summed E-state index contributed by atoms with van der Waals surface area (Å²) >= 11 is 3.14. The normalized spacial score (nSPS) is 10.2. The molecule has 1 rings (SSSR count). The van der Waals surface area contributed by atoms with Crippen molar-refractivity contribution < 1.29 is 13.9 Å². The second-order valence-corrected chi connectivity index (χ2v) is 4.65. The fourth-order valence-electron chi connectivity index (χ4n) is 1.33. The van der Waals surface area contributed by atoms with Crippen molar-refractivity contribution in [2.45, 2.75) is 19.8 Å². The first kappa shape index (κ1) is 14.8. The number of ether oxygens (including phenoxy) is 1. The largest absolute Gasteiger partial charge is 0.480 e. The minimum Gasteiger partial charge on any atom is -0.480 e. The van der Waals surface area contributed by atoms with Crippen LogP contribution in [-0.4, -0.2) is 19.1 Å². The molecule has 6 heteroatoms. The van der Waals surface area contributed by atoms with Crippen molar-refractivity contribution in [3.8, 4) is 5.75 Å². The van der Waals surface area contributed by atoms with Crippen LogP contribution >= 0.6 is 15.9 Å². The topological polar surface area (TPSA) is 64.3 Å². The molecule has 100 valence electrons. The molecule has 0 spiro atoms. The van der Waals surface area contributed by atoms with Gasteiger partial charge in [-0.2, -0.15) is 0 Å². The van der Waals surface area contributed by atoms with Gasteiger partial charge in [0.15, 0.2) is 12.4 Å². The number of halogens is 2. The van der Waals surface area contributed by atoms with Crippen LogP contribution in [0.1, 0.15) is 19.8 Å². The first-order valence-electron chi connectivity index (χ1n) is 5.68. The van der Waals surface area contributed by atoms with Gasteiger partial charge in [-0.15, -0.1) is 0 Å². The van der Waals surface area contributed by atoms with Crippen molar-refractivity contribution in [2.75, 3.05) is 18.9 Å². The van der Waals surface area contributed by atoms with E-state index in [0.717, 1.165) is 18.9 Å². The van der Waals surface area contributed by atoms with Crippen LogP contribution in [-0.2, 0) is 4.79 Å². The van der Waals surface area contributed by atoms with Crippen molar-refractivity contribution in [2.24, 2.45) is 0 Å². The maximum Gasteiger partial charge on any atom is 0.257 e. The molecule has 0 radical (unpaired) electrons. The van der Waals surface area contributed by atoms with E-state index in [4.69, 9.17) is 10.5 Å². The molecule has 0 aliphatic carbocycles. The van der Waals surface area contributed by atoms with Crippen molar-refractivity contribution in [1.29, 1.82) is 0 Å². The minimum absolute atomic E-state index is 0.141. The second kappa shape index (κ2) is 7.20. The molecule has 0 aliphatic heterocycles. The van der Waals surface area contributed by atoms with E-state index in [1.165, 1.54) is 6.07 Å². The zero-order chi connectivity index (χ0) is 13.5. The first-order valence-corrected chi connectivity index (χ1v) is 6.48. The van der Waals surface area contributed by atoms with E-state index in [1.54, 1.807) is 0 Å². The van der Waals surface area contributed by atoms with E-state index in [9.17, 15) is 9.18 Å². The molecule has 18 heavy (non-hydrogen) atoms. The van der Waals surface area contributed by atoms with Crippen LogP contribution in [0.15, 0.2) is 16.6 Å². The lowest BCUT2D eigenvalue weighted by molar-refractivity contribution is -0.123. The van der Waals surface area contributed by atoms with Crippen LogP contribution in [0.25, 0.3) is 0 Å². The number of carbonyl (C=O) groups excluding carboxylic acids is 1. The van der Waals surface area contributed by atoms with Crippen molar-refractivity contribution in [1.82, 2.24) is 5.32 Å². The Bertz CT molecular complexity index is 404. The summed E-state index contributed by atoms with van der Waals surface area (Å²) in [5.41, 5.74) is 5.76. The Kier molecular flexibility index (Phi) is 5.91. The van der Waals surface area contributed by atoms with E-state index in [1.807, 2.05) is 6.92 Å². The molecule has 0 aromatic heterocycles. The van der Waals surface area contributed by atoms with Gasteiger partial charge < -0.3 is 15.8 Å². The highest BCUT2D eigenvalue weighted by Gasteiger charge is 2.10. The molecule has 0 saturated carbocycles. The van der Waals surface area contributed by atoms with Gasteiger partial charge in [-0.3, -0.25) is 4.79 Å². The predicted molar refractivity (Wildman–Crippen MR) is 71.9 cm³/mol. The summed E-state index contributed by atoms with van der Waals surface area (Å²) in [4.78, 5) is 11.4. The Hall–Kier alpha value is -1.30. The first-order chi connectivity index (χ1) is 8.54. The summed E-state index contributed by atoms with van der Waals surface area (Å²) < 4.78 is 18.6. The molecule has 0 fully saturated rings. The monoisotopic (exact) mass is 318 g/mol. The van der Waals surface area contributed by atoms with Crippen LogP contribution in [0.2, 0.25) is 0 Å². The van der Waals surface area contributed by atoms with Crippen molar-refractivity contribution in [3.63, 3.8) is 0 Å². The van der Waals surface area contributed by atoms with Gasteiger partial charge in [0.05, 0.1) is 10.2 Å². The number of amides is 1. The smallest absolute Gasteiger partial charge is 0.257 e. The number of benzene rings is 1. The summed E-state index contributed by atoms with van der Waals surface area (Å²) in [7, 11) is 0. The molecule has 1 aromatic rings. The fraction of sp³-hybridized carbons (Fsp3) is 0.417. The molecule has 0 atom stereocenters. The summed E-state index contributed by atoms with van der Waals surface area (Å²) in [5.74, 6) is -0.403. The Morgan fingerprint density at radius 2 is 2.28 bits per heavy atom. The fourth-order valence-corrected chi connectivity index (χ4v) is 1.89. The number of hydrogen-bond acceptors (Lipinski definition) is 3. The van der Waals surface area contributed by atoms with Crippen LogP contribution < -0.4 is 15.8 Å². The average Bonchev–Trinajstić information content (AvgIpc) is 2.27. The minimum atomic E-state index is -0.459. The lowest BCUT2D eigenvalue weighted by Crippen LogP contribution is -2.29. The molecule has 1 amide bonds. The molecule has 0 bridgehead atoms. The van der Waals surface area contributed by atoms with Gasteiger partial charge in [-0.1, -0.05) is 13.3 Å². The van der Waals surface area contributed by atoms with Gasteiger partial charge in [-0.25, -0.2) is 4.39 Å². The molecule has 0 heterocycles. The maximum atomic E-state index is 13.0. The lowest BCUT2D eigenvalue weighted by atomic mass is 10.3. The summed E-state index contributed by atoms with van der Waals surface area (Å²) in [5, 5.41) is 2.71. The Morgan fingerprint density at radius 3 is 2.89 bits per heavy atom. The molecule has 3 N–H and O–H groups in total. The molecule has 0 unspecified atom stereocenters. The number of nitrogens with one attached hydrogen (secondary N) is 1. The highest BCUT2D eigenvalue weighted by Crippen LogP contribution is 2.32. The van der Waals surface area contributed by atoms with E-state index in [2.05, 4.69) is 21.2 Å². The standard InChI is InChI=1S/C12H16BrFN2O2/c1-2-3-4-16-11(17)7-18-12-9(13)5-8(14)6-10(12)15/h5-6H,2-4,7,15H2,1H3,(H,16,17). The number of nitrogen functional groups attached to an aromatic ring is 1.